The molecule has 1 nitrogen and oxygen atoms in total. The van der Waals surface area contributed by atoms with Crippen LogP contribution < -0.4 is 5.32 Å². The smallest absolute Gasteiger partial charge is 0.000946 e. The van der Waals surface area contributed by atoms with E-state index in [1.165, 1.54) is 25.9 Å². The van der Waals surface area contributed by atoms with E-state index in [0.29, 0.717) is 5.41 Å². The molecule has 0 aromatic rings. The van der Waals surface area contributed by atoms with Gasteiger partial charge in [0, 0.05) is 0 Å². The van der Waals surface area contributed by atoms with Gasteiger partial charge in [0.15, 0.2) is 0 Å². The van der Waals surface area contributed by atoms with Crippen LogP contribution in [0.25, 0.3) is 0 Å². The molecule has 0 amide bonds. The van der Waals surface area contributed by atoms with Crippen LogP contribution in [-0.2, 0) is 0 Å². The number of hydrogen-bond donors (Lipinski definition) is 1. The van der Waals surface area contributed by atoms with E-state index in [1.54, 1.807) is 12.8 Å². The first kappa shape index (κ1) is 12.0. The normalized spacial score (nSPS) is 46.1. The van der Waals surface area contributed by atoms with Crippen molar-refractivity contribution in [3.63, 3.8) is 0 Å². The third-order valence-corrected chi connectivity index (χ3v) is 6.41. The summed E-state index contributed by atoms with van der Waals surface area (Å²) >= 11 is 0. The van der Waals surface area contributed by atoms with Crippen LogP contribution in [0.3, 0.4) is 0 Å². The summed E-state index contributed by atoms with van der Waals surface area (Å²) in [5, 5.41) is 3.71. The fourth-order valence-electron chi connectivity index (χ4n) is 5.54. The minimum atomic E-state index is 0.622. The van der Waals surface area contributed by atoms with Crippen molar-refractivity contribution in [3.05, 3.63) is 0 Å². The Morgan fingerprint density at radius 1 is 1.24 bits per heavy atom. The lowest BCUT2D eigenvalue weighted by molar-refractivity contribution is 0.237. The zero-order valence-corrected chi connectivity index (χ0v) is 12.1. The van der Waals surface area contributed by atoms with E-state index in [1.807, 2.05) is 0 Å². The Morgan fingerprint density at radius 2 is 2.00 bits per heavy atom. The lowest BCUT2D eigenvalue weighted by Crippen LogP contribution is -2.25. The van der Waals surface area contributed by atoms with Crippen LogP contribution in [0.1, 0.15) is 53.4 Å². The van der Waals surface area contributed by atoms with Crippen LogP contribution in [0.5, 0.6) is 0 Å². The molecule has 0 aliphatic heterocycles. The van der Waals surface area contributed by atoms with Gasteiger partial charge in [-0.3, -0.25) is 0 Å². The Kier molecular flexibility index (Phi) is 2.63. The maximum absolute atomic E-state index is 3.71. The molecule has 4 atom stereocenters. The van der Waals surface area contributed by atoms with Crippen LogP contribution in [0, 0.1) is 34.5 Å². The van der Waals surface area contributed by atoms with Crippen LogP contribution in [0.4, 0.5) is 0 Å². The molecule has 17 heavy (non-hydrogen) atoms. The summed E-state index contributed by atoms with van der Waals surface area (Å²) in [5.74, 6) is 3.92. The highest BCUT2D eigenvalue weighted by Gasteiger charge is 2.76. The maximum atomic E-state index is 3.71. The van der Waals surface area contributed by atoms with Gasteiger partial charge in [-0.2, -0.15) is 0 Å². The highest BCUT2D eigenvalue weighted by Crippen LogP contribution is 2.81. The molecule has 3 rings (SSSR count). The summed E-state index contributed by atoms with van der Waals surface area (Å²) < 4.78 is 0. The van der Waals surface area contributed by atoms with Gasteiger partial charge in [0.2, 0.25) is 0 Å². The third-order valence-electron chi connectivity index (χ3n) is 6.41. The highest BCUT2D eigenvalue weighted by molar-refractivity contribution is 5.24. The fraction of sp³-hybridized carbons (Fsp3) is 1.00. The molecule has 1 spiro atoms. The summed E-state index contributed by atoms with van der Waals surface area (Å²) in [6.07, 6.45) is 6.19. The standard InChI is InChI=1S/C16H29N/c1-11(2)9-17-10-14-15(3,4)16(14)8-12-5-6-13(16)7-12/h11-14,17H,5-10H2,1-4H3. The highest BCUT2D eigenvalue weighted by atomic mass is 14.9. The van der Waals surface area contributed by atoms with Crippen molar-refractivity contribution in [2.45, 2.75) is 53.4 Å². The van der Waals surface area contributed by atoms with E-state index in [9.17, 15) is 0 Å². The van der Waals surface area contributed by atoms with E-state index in [0.717, 1.165) is 29.1 Å². The van der Waals surface area contributed by atoms with E-state index in [4.69, 9.17) is 0 Å². The number of nitrogens with one attached hydrogen (secondary N) is 1. The summed E-state index contributed by atoms with van der Waals surface area (Å²) in [5.41, 5.74) is 1.37. The molecule has 1 N–H and O–H groups in total. The molecule has 3 aliphatic rings. The maximum Gasteiger partial charge on any atom is -0.000946 e. The largest absolute Gasteiger partial charge is 0.316 e. The van der Waals surface area contributed by atoms with E-state index >= 15 is 0 Å². The number of fused-ring (bicyclic) bond motifs is 3. The molecule has 0 heterocycles. The van der Waals surface area contributed by atoms with Gasteiger partial charge < -0.3 is 5.32 Å². The van der Waals surface area contributed by atoms with Crippen LogP contribution in [0.2, 0.25) is 0 Å². The molecule has 0 aromatic heterocycles. The fourth-order valence-corrected chi connectivity index (χ4v) is 5.54. The zero-order valence-electron chi connectivity index (χ0n) is 12.1. The molecule has 3 aliphatic carbocycles. The lowest BCUT2D eigenvalue weighted by atomic mass is 9.79. The summed E-state index contributed by atoms with van der Waals surface area (Å²) in [6, 6.07) is 0. The SMILES string of the molecule is CC(C)CNCC1C(C)(C)C12CC1CCC2C1. The first-order valence-electron chi connectivity index (χ1n) is 7.69. The third kappa shape index (κ3) is 1.54. The zero-order chi connectivity index (χ0) is 12.3. The Bertz CT molecular complexity index is 307. The van der Waals surface area contributed by atoms with Crippen LogP contribution in [0.15, 0.2) is 0 Å². The number of rotatable bonds is 4. The van der Waals surface area contributed by atoms with Gasteiger partial charge in [0.1, 0.15) is 0 Å². The van der Waals surface area contributed by atoms with Crippen molar-refractivity contribution in [3.8, 4) is 0 Å². The van der Waals surface area contributed by atoms with Crippen molar-refractivity contribution in [2.75, 3.05) is 13.1 Å². The Labute approximate surface area is 107 Å². The van der Waals surface area contributed by atoms with E-state index < -0.39 is 0 Å². The minimum absolute atomic E-state index is 0.622. The second-order valence-electron chi connectivity index (χ2n) is 7.95. The first-order chi connectivity index (χ1) is 7.98. The lowest BCUT2D eigenvalue weighted by Gasteiger charge is -2.25. The van der Waals surface area contributed by atoms with Crippen molar-refractivity contribution >= 4 is 0 Å². The van der Waals surface area contributed by atoms with Gasteiger partial charge in [0.25, 0.3) is 0 Å². The van der Waals surface area contributed by atoms with Crippen molar-refractivity contribution in [1.29, 1.82) is 0 Å². The van der Waals surface area contributed by atoms with Gasteiger partial charge in [-0.1, -0.05) is 34.1 Å². The quantitative estimate of drug-likeness (QED) is 0.783. The molecule has 3 saturated carbocycles. The molecule has 2 bridgehead atoms. The molecule has 0 saturated heterocycles. The topological polar surface area (TPSA) is 12.0 Å². The van der Waals surface area contributed by atoms with E-state index in [2.05, 4.69) is 33.0 Å². The van der Waals surface area contributed by atoms with Crippen molar-refractivity contribution in [2.24, 2.45) is 34.5 Å². The molecule has 0 aromatic carbocycles. The first-order valence-corrected chi connectivity index (χ1v) is 7.69. The van der Waals surface area contributed by atoms with Crippen molar-refractivity contribution < 1.29 is 0 Å². The molecule has 98 valence electrons. The minimum Gasteiger partial charge on any atom is -0.316 e. The Morgan fingerprint density at radius 3 is 2.53 bits per heavy atom. The Balaban J connectivity index is 1.63. The number of hydrogen-bond acceptors (Lipinski definition) is 1. The molecule has 0 radical (unpaired) electrons. The van der Waals surface area contributed by atoms with Gasteiger partial charge in [-0.25, -0.2) is 0 Å². The molecular weight excluding hydrogens is 206 g/mol. The van der Waals surface area contributed by atoms with Gasteiger partial charge in [0.05, 0.1) is 0 Å². The second-order valence-corrected chi connectivity index (χ2v) is 7.95. The predicted molar refractivity (Wildman–Crippen MR) is 72.9 cm³/mol. The van der Waals surface area contributed by atoms with Crippen LogP contribution in [-0.4, -0.2) is 13.1 Å². The average Bonchev–Trinajstić information content (AvgIpc) is 2.70. The van der Waals surface area contributed by atoms with Gasteiger partial charge in [-0.15, -0.1) is 0 Å². The van der Waals surface area contributed by atoms with Crippen LogP contribution >= 0.6 is 0 Å². The van der Waals surface area contributed by atoms with E-state index in [-0.39, 0.29) is 0 Å². The van der Waals surface area contributed by atoms with Gasteiger partial charge >= 0.3 is 0 Å². The van der Waals surface area contributed by atoms with Crippen molar-refractivity contribution in [1.82, 2.24) is 5.32 Å². The predicted octanol–water partition coefficient (Wildman–Crippen LogP) is 3.69. The monoisotopic (exact) mass is 235 g/mol. The molecule has 4 unspecified atom stereocenters. The molecule has 3 fully saturated rings. The average molecular weight is 235 g/mol. The summed E-state index contributed by atoms with van der Waals surface area (Å²) in [4.78, 5) is 0. The summed E-state index contributed by atoms with van der Waals surface area (Å²) in [7, 11) is 0. The molecular formula is C16H29N. The van der Waals surface area contributed by atoms with Gasteiger partial charge in [-0.05, 0) is 66.9 Å². The molecule has 1 heteroatoms. The Hall–Kier alpha value is -0.0400. The summed E-state index contributed by atoms with van der Waals surface area (Å²) in [6.45, 7) is 12.1. The second kappa shape index (κ2) is 3.73.